The molecule has 1 fully saturated rings. The van der Waals surface area contributed by atoms with Crippen LogP contribution < -0.4 is 10.6 Å². The number of carboxylic acids is 1. The lowest BCUT2D eigenvalue weighted by Crippen LogP contribution is -2.16. The summed E-state index contributed by atoms with van der Waals surface area (Å²) in [4.78, 5) is 35.0. The van der Waals surface area contributed by atoms with Gasteiger partial charge in [0.2, 0.25) is 5.91 Å². The third-order valence-electron chi connectivity index (χ3n) is 3.95. The largest absolute Gasteiger partial charge is 0.481 e. The molecule has 7 heteroatoms. The minimum absolute atomic E-state index is 0.0177. The highest BCUT2D eigenvalue weighted by atomic mass is 16.4. The van der Waals surface area contributed by atoms with Crippen LogP contribution >= 0.6 is 0 Å². The predicted molar refractivity (Wildman–Crippen MR) is 90.5 cm³/mol. The van der Waals surface area contributed by atoms with Crippen LogP contribution in [0.2, 0.25) is 0 Å². The number of carboxylic acid groups (broad SMARTS) is 1. The molecule has 1 saturated carbocycles. The second kappa shape index (κ2) is 6.80. The van der Waals surface area contributed by atoms with Crippen molar-refractivity contribution in [2.24, 2.45) is 5.92 Å². The highest BCUT2D eigenvalue weighted by Crippen LogP contribution is 2.30. The van der Waals surface area contributed by atoms with Gasteiger partial charge in [0.05, 0.1) is 11.8 Å². The Hall–Kier alpha value is -3.09. The average Bonchev–Trinajstić information content (AvgIpc) is 3.34. The summed E-state index contributed by atoms with van der Waals surface area (Å²) in [5, 5.41) is 14.4. The molecule has 3 N–H and O–H groups in total. The minimum Gasteiger partial charge on any atom is -0.481 e. The number of aryl methyl sites for hydroxylation is 1. The number of hydrogen-bond acceptors (Lipinski definition) is 4. The molecular weight excluding hydrogens is 324 g/mol. The van der Waals surface area contributed by atoms with Gasteiger partial charge >= 0.3 is 5.97 Å². The van der Waals surface area contributed by atoms with E-state index in [1.165, 1.54) is 6.26 Å². The molecule has 1 aromatic heterocycles. The van der Waals surface area contributed by atoms with Gasteiger partial charge in [-0.3, -0.25) is 14.4 Å². The van der Waals surface area contributed by atoms with Gasteiger partial charge in [0, 0.05) is 22.9 Å². The second-order valence-corrected chi connectivity index (χ2v) is 6.08. The summed E-state index contributed by atoms with van der Waals surface area (Å²) in [6, 6.07) is 6.76. The Labute approximate surface area is 144 Å². The fraction of sp³-hybridized carbons (Fsp3) is 0.278. The minimum atomic E-state index is -1.07. The smallest absolute Gasteiger partial charge is 0.311 e. The van der Waals surface area contributed by atoms with Gasteiger partial charge in [-0.2, -0.15) is 0 Å². The summed E-state index contributed by atoms with van der Waals surface area (Å²) in [5.74, 6) is -1.24. The standard InChI is InChI=1S/C18H18N2O5/c1-10-9-25-14(8-15(21)22)16(10)18(24)20-13-6-4-12(5-7-13)19-17(23)11-2-3-11/h4-7,9,11H,2-3,8H2,1H3,(H,19,23)(H,20,24)(H,21,22). The first-order valence-electron chi connectivity index (χ1n) is 7.95. The molecule has 0 atom stereocenters. The van der Waals surface area contributed by atoms with Crippen molar-refractivity contribution < 1.29 is 23.9 Å². The number of hydrogen-bond donors (Lipinski definition) is 3. The first-order valence-corrected chi connectivity index (χ1v) is 7.95. The van der Waals surface area contributed by atoms with Crippen molar-refractivity contribution in [3.05, 3.63) is 47.4 Å². The van der Waals surface area contributed by atoms with Gasteiger partial charge in [0.25, 0.3) is 5.91 Å². The van der Waals surface area contributed by atoms with Crippen LogP contribution in [-0.2, 0) is 16.0 Å². The molecule has 25 heavy (non-hydrogen) atoms. The van der Waals surface area contributed by atoms with E-state index >= 15 is 0 Å². The first-order chi connectivity index (χ1) is 11.9. The van der Waals surface area contributed by atoms with Gasteiger partial charge in [-0.1, -0.05) is 0 Å². The van der Waals surface area contributed by atoms with E-state index in [1.807, 2.05) is 0 Å². The van der Waals surface area contributed by atoms with Crippen molar-refractivity contribution in [1.82, 2.24) is 0 Å². The van der Waals surface area contributed by atoms with E-state index in [4.69, 9.17) is 9.52 Å². The van der Waals surface area contributed by atoms with Crippen LogP contribution in [0, 0.1) is 12.8 Å². The number of amides is 2. The highest BCUT2D eigenvalue weighted by molar-refractivity contribution is 6.06. The van der Waals surface area contributed by atoms with Crippen molar-refractivity contribution in [3.8, 4) is 0 Å². The Kier molecular flexibility index (Phi) is 4.56. The van der Waals surface area contributed by atoms with Crippen LogP contribution in [0.5, 0.6) is 0 Å². The quantitative estimate of drug-likeness (QED) is 0.748. The number of furan rings is 1. The fourth-order valence-electron chi connectivity index (χ4n) is 2.49. The van der Waals surface area contributed by atoms with E-state index in [2.05, 4.69) is 10.6 Å². The monoisotopic (exact) mass is 342 g/mol. The predicted octanol–water partition coefficient (Wildman–Crippen LogP) is 2.82. The highest BCUT2D eigenvalue weighted by Gasteiger charge is 2.29. The number of aliphatic carboxylic acids is 1. The van der Waals surface area contributed by atoms with E-state index < -0.39 is 11.9 Å². The van der Waals surface area contributed by atoms with Gasteiger partial charge in [-0.05, 0) is 44.0 Å². The van der Waals surface area contributed by atoms with Crippen LogP contribution in [0.25, 0.3) is 0 Å². The summed E-state index contributed by atoms with van der Waals surface area (Å²) in [7, 11) is 0. The van der Waals surface area contributed by atoms with E-state index in [9.17, 15) is 14.4 Å². The Morgan fingerprint density at radius 1 is 1.12 bits per heavy atom. The van der Waals surface area contributed by atoms with E-state index in [1.54, 1.807) is 31.2 Å². The average molecular weight is 342 g/mol. The second-order valence-electron chi connectivity index (χ2n) is 6.08. The summed E-state index contributed by atoms with van der Waals surface area (Å²) >= 11 is 0. The third-order valence-corrected chi connectivity index (χ3v) is 3.95. The summed E-state index contributed by atoms with van der Waals surface area (Å²) in [6.07, 6.45) is 2.87. The fourth-order valence-corrected chi connectivity index (χ4v) is 2.49. The maximum absolute atomic E-state index is 12.4. The molecule has 1 aliphatic carbocycles. The number of nitrogens with one attached hydrogen (secondary N) is 2. The molecule has 0 spiro atoms. The molecule has 2 amide bonds. The molecule has 0 unspecified atom stereocenters. The molecule has 0 radical (unpaired) electrons. The lowest BCUT2D eigenvalue weighted by Gasteiger charge is -2.08. The SMILES string of the molecule is Cc1coc(CC(=O)O)c1C(=O)Nc1ccc(NC(=O)C2CC2)cc1. The Balaban J connectivity index is 1.67. The van der Waals surface area contributed by atoms with Crippen molar-refractivity contribution in [3.63, 3.8) is 0 Å². The van der Waals surface area contributed by atoms with Gasteiger partial charge in [0.1, 0.15) is 12.2 Å². The normalized spacial score (nSPS) is 13.3. The Bertz CT molecular complexity index is 818. The van der Waals surface area contributed by atoms with Gasteiger partial charge < -0.3 is 20.2 Å². The van der Waals surface area contributed by atoms with Gasteiger partial charge in [-0.25, -0.2) is 0 Å². The zero-order chi connectivity index (χ0) is 18.0. The Morgan fingerprint density at radius 2 is 1.72 bits per heavy atom. The van der Waals surface area contributed by atoms with Crippen LogP contribution in [0.4, 0.5) is 11.4 Å². The van der Waals surface area contributed by atoms with Crippen LogP contribution in [-0.4, -0.2) is 22.9 Å². The molecule has 7 nitrogen and oxygen atoms in total. The van der Waals surface area contributed by atoms with Gasteiger partial charge in [0.15, 0.2) is 0 Å². The van der Waals surface area contributed by atoms with Crippen molar-refractivity contribution in [1.29, 1.82) is 0 Å². The maximum atomic E-state index is 12.4. The molecule has 0 saturated heterocycles. The molecule has 2 aromatic rings. The molecule has 0 aliphatic heterocycles. The zero-order valence-electron chi connectivity index (χ0n) is 13.7. The van der Waals surface area contributed by atoms with Gasteiger partial charge in [-0.15, -0.1) is 0 Å². The summed E-state index contributed by atoms with van der Waals surface area (Å²) < 4.78 is 5.17. The maximum Gasteiger partial charge on any atom is 0.311 e. The van der Waals surface area contributed by atoms with E-state index in [0.717, 1.165) is 12.8 Å². The molecule has 1 aromatic carbocycles. The number of carbonyl (C=O) groups is 3. The zero-order valence-corrected chi connectivity index (χ0v) is 13.7. The first kappa shape index (κ1) is 16.8. The van der Waals surface area contributed by atoms with Crippen LogP contribution in [0.1, 0.15) is 34.5 Å². The van der Waals surface area contributed by atoms with E-state index in [0.29, 0.717) is 16.9 Å². The number of benzene rings is 1. The molecular formula is C18H18N2O5. The lowest BCUT2D eigenvalue weighted by molar-refractivity contribution is -0.136. The van der Waals surface area contributed by atoms with Crippen LogP contribution in [0.3, 0.4) is 0 Å². The molecule has 3 rings (SSSR count). The lowest BCUT2D eigenvalue weighted by atomic mass is 10.1. The third kappa shape index (κ3) is 4.06. The molecule has 1 heterocycles. The number of anilines is 2. The molecule has 1 aliphatic rings. The summed E-state index contributed by atoms with van der Waals surface area (Å²) in [5.41, 5.74) is 2.01. The van der Waals surface area contributed by atoms with Crippen molar-refractivity contribution >= 4 is 29.2 Å². The topological polar surface area (TPSA) is 109 Å². The Morgan fingerprint density at radius 3 is 2.28 bits per heavy atom. The molecule has 0 bridgehead atoms. The molecule has 130 valence electrons. The van der Waals surface area contributed by atoms with E-state index in [-0.39, 0.29) is 29.6 Å². The van der Waals surface area contributed by atoms with Crippen LogP contribution in [0.15, 0.2) is 34.9 Å². The number of rotatable bonds is 6. The van der Waals surface area contributed by atoms with Crippen molar-refractivity contribution in [2.75, 3.05) is 10.6 Å². The number of carbonyl (C=O) groups excluding carboxylic acids is 2. The summed E-state index contributed by atoms with van der Waals surface area (Å²) in [6.45, 7) is 1.68. The van der Waals surface area contributed by atoms with Crippen molar-refractivity contribution in [2.45, 2.75) is 26.2 Å².